The van der Waals surface area contributed by atoms with Crippen molar-refractivity contribution in [3.8, 4) is 0 Å². The maximum absolute atomic E-state index is 3.61. The van der Waals surface area contributed by atoms with Crippen molar-refractivity contribution in [1.29, 1.82) is 0 Å². The van der Waals surface area contributed by atoms with Crippen molar-refractivity contribution in [1.82, 2.24) is 10.2 Å². The molecule has 4 heteroatoms. The first-order valence-corrected chi connectivity index (χ1v) is 7.13. The third kappa shape index (κ3) is 4.23. The molecule has 1 saturated heterocycles. The molecular weight excluding hydrogens is 312 g/mol. The lowest BCUT2D eigenvalue weighted by molar-refractivity contribution is 0.188. The molecule has 0 aromatic heterocycles. The highest BCUT2D eigenvalue weighted by Crippen LogP contribution is 2.20. The van der Waals surface area contributed by atoms with Crippen LogP contribution in [0.1, 0.15) is 24.0 Å². The zero-order valence-corrected chi connectivity index (χ0v) is 13.5. The third-order valence-corrected chi connectivity index (χ3v) is 4.41. The molecule has 1 aromatic rings. The Bertz CT molecular complexity index is 384. The first kappa shape index (κ1) is 16.0. The molecule has 0 saturated carbocycles. The summed E-state index contributed by atoms with van der Waals surface area (Å²) in [5.74, 6) is 0. The van der Waals surface area contributed by atoms with Crippen molar-refractivity contribution in [2.75, 3.05) is 20.1 Å². The van der Waals surface area contributed by atoms with Gasteiger partial charge in [0.2, 0.25) is 0 Å². The van der Waals surface area contributed by atoms with Crippen LogP contribution in [-0.2, 0) is 6.54 Å². The first-order chi connectivity index (χ1) is 8.19. The fourth-order valence-corrected chi connectivity index (χ4v) is 2.85. The number of nitrogens with zero attached hydrogens (tertiary/aromatic N) is 1. The predicted molar refractivity (Wildman–Crippen MR) is 83.5 cm³/mol. The first-order valence-electron chi connectivity index (χ1n) is 6.33. The van der Waals surface area contributed by atoms with E-state index in [0.29, 0.717) is 6.04 Å². The summed E-state index contributed by atoms with van der Waals surface area (Å²) in [6.07, 6.45) is 2.61. The van der Waals surface area contributed by atoms with Gasteiger partial charge in [0.15, 0.2) is 0 Å². The number of piperidine rings is 1. The molecule has 2 rings (SSSR count). The van der Waals surface area contributed by atoms with E-state index in [0.717, 1.165) is 6.54 Å². The summed E-state index contributed by atoms with van der Waals surface area (Å²) >= 11 is 3.61. The Labute approximate surface area is 125 Å². The summed E-state index contributed by atoms with van der Waals surface area (Å²) in [6.45, 7) is 5.59. The SMILES string of the molecule is CNC1CCCN(Cc2ccc(C)c(Br)c2)C1.Cl. The Morgan fingerprint density at radius 2 is 2.22 bits per heavy atom. The second-order valence-corrected chi connectivity index (χ2v) is 5.80. The topological polar surface area (TPSA) is 15.3 Å². The van der Waals surface area contributed by atoms with Crippen LogP contribution < -0.4 is 5.32 Å². The Morgan fingerprint density at radius 3 is 2.89 bits per heavy atom. The van der Waals surface area contributed by atoms with Gasteiger partial charge in [0.05, 0.1) is 0 Å². The van der Waals surface area contributed by atoms with E-state index in [1.54, 1.807) is 0 Å². The van der Waals surface area contributed by atoms with Crippen molar-refractivity contribution in [3.05, 3.63) is 33.8 Å². The van der Waals surface area contributed by atoms with Crippen LogP contribution in [0.4, 0.5) is 0 Å². The molecular formula is C14H22BrClN2. The molecule has 0 radical (unpaired) electrons. The van der Waals surface area contributed by atoms with Gasteiger partial charge in [0.1, 0.15) is 0 Å². The van der Waals surface area contributed by atoms with Crippen LogP contribution in [0.5, 0.6) is 0 Å². The number of benzene rings is 1. The summed E-state index contributed by atoms with van der Waals surface area (Å²) in [6, 6.07) is 7.35. The molecule has 1 atom stereocenters. The molecule has 18 heavy (non-hydrogen) atoms. The van der Waals surface area contributed by atoms with Gasteiger partial charge in [0.25, 0.3) is 0 Å². The fourth-order valence-electron chi connectivity index (χ4n) is 2.43. The molecule has 1 heterocycles. The molecule has 1 N–H and O–H groups in total. The van der Waals surface area contributed by atoms with Crippen LogP contribution in [0.2, 0.25) is 0 Å². The molecule has 0 spiro atoms. The highest BCUT2D eigenvalue weighted by atomic mass is 79.9. The van der Waals surface area contributed by atoms with E-state index in [9.17, 15) is 0 Å². The van der Waals surface area contributed by atoms with E-state index in [-0.39, 0.29) is 12.4 Å². The van der Waals surface area contributed by atoms with E-state index < -0.39 is 0 Å². The Kier molecular flexibility index (Phi) is 6.64. The van der Waals surface area contributed by atoms with E-state index >= 15 is 0 Å². The van der Waals surface area contributed by atoms with Crippen LogP contribution in [-0.4, -0.2) is 31.1 Å². The lowest BCUT2D eigenvalue weighted by Crippen LogP contribution is -2.43. The minimum absolute atomic E-state index is 0. The largest absolute Gasteiger partial charge is 0.316 e. The van der Waals surface area contributed by atoms with Crippen LogP contribution in [0, 0.1) is 6.92 Å². The molecule has 1 aliphatic rings. The molecule has 0 amide bonds. The number of rotatable bonds is 3. The Hall–Kier alpha value is -0.0900. The second-order valence-electron chi connectivity index (χ2n) is 4.95. The van der Waals surface area contributed by atoms with Gasteiger partial charge in [-0.2, -0.15) is 0 Å². The number of nitrogens with one attached hydrogen (secondary N) is 1. The molecule has 0 aliphatic carbocycles. The lowest BCUT2D eigenvalue weighted by atomic mass is 10.0. The molecule has 0 bridgehead atoms. The highest BCUT2D eigenvalue weighted by molar-refractivity contribution is 9.10. The van der Waals surface area contributed by atoms with Gasteiger partial charge in [-0.05, 0) is 50.6 Å². The number of halogens is 2. The van der Waals surface area contributed by atoms with Crippen LogP contribution in [0.3, 0.4) is 0 Å². The van der Waals surface area contributed by atoms with Crippen LogP contribution >= 0.6 is 28.3 Å². The highest BCUT2D eigenvalue weighted by Gasteiger charge is 2.18. The van der Waals surface area contributed by atoms with Crippen molar-refractivity contribution < 1.29 is 0 Å². The molecule has 1 aromatic carbocycles. The standard InChI is InChI=1S/C14H21BrN2.ClH/c1-11-5-6-12(8-14(11)15)9-17-7-3-4-13(10-17)16-2;/h5-6,8,13,16H,3-4,7,9-10H2,1-2H3;1H. The van der Waals surface area contributed by atoms with Gasteiger partial charge in [-0.25, -0.2) is 0 Å². The van der Waals surface area contributed by atoms with Gasteiger partial charge in [-0.15, -0.1) is 12.4 Å². The van der Waals surface area contributed by atoms with E-state index in [1.165, 1.54) is 41.5 Å². The summed E-state index contributed by atoms with van der Waals surface area (Å²) in [4.78, 5) is 2.54. The van der Waals surface area contributed by atoms with Crippen molar-refractivity contribution in [2.45, 2.75) is 32.4 Å². The number of hydrogen-bond acceptors (Lipinski definition) is 2. The van der Waals surface area contributed by atoms with E-state index in [2.05, 4.69) is 58.3 Å². The quantitative estimate of drug-likeness (QED) is 0.912. The average Bonchev–Trinajstić information content (AvgIpc) is 2.34. The minimum Gasteiger partial charge on any atom is -0.316 e. The normalized spacial score (nSPS) is 20.5. The summed E-state index contributed by atoms with van der Waals surface area (Å²) in [5, 5.41) is 3.39. The molecule has 2 nitrogen and oxygen atoms in total. The van der Waals surface area contributed by atoms with Crippen LogP contribution in [0.25, 0.3) is 0 Å². The van der Waals surface area contributed by atoms with Crippen LogP contribution in [0.15, 0.2) is 22.7 Å². The lowest BCUT2D eigenvalue weighted by Gasteiger charge is -2.32. The van der Waals surface area contributed by atoms with Gasteiger partial charge in [-0.1, -0.05) is 28.1 Å². The predicted octanol–water partition coefficient (Wildman–Crippen LogP) is 3.36. The average molecular weight is 334 g/mol. The van der Waals surface area contributed by atoms with Crippen molar-refractivity contribution in [2.24, 2.45) is 0 Å². The molecule has 1 unspecified atom stereocenters. The van der Waals surface area contributed by atoms with E-state index in [4.69, 9.17) is 0 Å². The third-order valence-electron chi connectivity index (χ3n) is 3.56. The van der Waals surface area contributed by atoms with Gasteiger partial charge >= 0.3 is 0 Å². The van der Waals surface area contributed by atoms with Crippen molar-refractivity contribution in [3.63, 3.8) is 0 Å². The molecule has 1 aliphatic heterocycles. The number of likely N-dealkylation sites (N-methyl/N-ethyl adjacent to an activating group) is 1. The van der Waals surface area contributed by atoms with Gasteiger partial charge in [0, 0.05) is 23.6 Å². The molecule has 102 valence electrons. The zero-order chi connectivity index (χ0) is 12.3. The maximum atomic E-state index is 3.61. The number of aryl methyl sites for hydroxylation is 1. The number of hydrogen-bond donors (Lipinski definition) is 1. The number of likely N-dealkylation sites (tertiary alicyclic amines) is 1. The van der Waals surface area contributed by atoms with Crippen molar-refractivity contribution >= 4 is 28.3 Å². The molecule has 1 fully saturated rings. The fraction of sp³-hybridized carbons (Fsp3) is 0.571. The van der Waals surface area contributed by atoms with Gasteiger partial charge in [-0.3, -0.25) is 4.90 Å². The van der Waals surface area contributed by atoms with Gasteiger partial charge < -0.3 is 5.32 Å². The summed E-state index contributed by atoms with van der Waals surface area (Å²) < 4.78 is 1.22. The maximum Gasteiger partial charge on any atom is 0.0234 e. The zero-order valence-electron chi connectivity index (χ0n) is 11.1. The summed E-state index contributed by atoms with van der Waals surface area (Å²) in [7, 11) is 2.07. The second kappa shape index (κ2) is 7.49. The van der Waals surface area contributed by atoms with E-state index in [1.807, 2.05) is 0 Å². The Balaban J connectivity index is 0.00000162. The minimum atomic E-state index is 0. The summed E-state index contributed by atoms with van der Waals surface area (Å²) in [5.41, 5.74) is 2.71. The smallest absolute Gasteiger partial charge is 0.0234 e. The monoisotopic (exact) mass is 332 g/mol. The Morgan fingerprint density at radius 1 is 1.44 bits per heavy atom.